The Balaban J connectivity index is 1.85. The van der Waals surface area contributed by atoms with Crippen LogP contribution in [-0.4, -0.2) is 0 Å². The van der Waals surface area contributed by atoms with E-state index < -0.39 is 0 Å². The Morgan fingerprint density at radius 2 is 1.84 bits per heavy atom. The van der Waals surface area contributed by atoms with Gasteiger partial charge in [0.15, 0.2) is 0 Å². The minimum absolute atomic E-state index is 0.249. The second-order valence-corrected chi connectivity index (χ2v) is 6.07. The van der Waals surface area contributed by atoms with Gasteiger partial charge in [0.05, 0.1) is 0 Å². The van der Waals surface area contributed by atoms with Crippen LogP contribution in [-0.2, 0) is 0 Å². The van der Waals surface area contributed by atoms with Crippen LogP contribution in [0.3, 0.4) is 0 Å². The lowest BCUT2D eigenvalue weighted by Crippen LogP contribution is -2.17. The Bertz CT molecular complexity index is 368. The van der Waals surface area contributed by atoms with Crippen LogP contribution >= 0.6 is 0 Å². The van der Waals surface area contributed by atoms with Crippen LogP contribution < -0.4 is 5.73 Å². The van der Waals surface area contributed by atoms with Crippen molar-refractivity contribution in [2.24, 2.45) is 5.73 Å². The first-order valence-corrected chi connectivity index (χ1v) is 8.17. The summed E-state index contributed by atoms with van der Waals surface area (Å²) in [6.07, 6.45) is 11.9. The summed E-state index contributed by atoms with van der Waals surface area (Å²) in [4.78, 5) is 0. The first-order chi connectivity index (χ1) is 9.33. The number of hydrogen-bond acceptors (Lipinski definition) is 1. The molecule has 0 spiro atoms. The topological polar surface area (TPSA) is 26.0 Å². The predicted molar refractivity (Wildman–Crippen MR) is 83.3 cm³/mol. The standard InChI is InChI=1S/C18H29N/c1-2-3-4-5-6-14-18(19)17-13-8-7-12-16(17)15-10-9-11-15/h7-8,12-13,15,18H,2-6,9-11,14,19H2,1H3. The van der Waals surface area contributed by atoms with Crippen molar-refractivity contribution in [3.05, 3.63) is 35.4 Å². The van der Waals surface area contributed by atoms with Crippen molar-refractivity contribution >= 4 is 0 Å². The zero-order chi connectivity index (χ0) is 13.5. The SMILES string of the molecule is CCCCCCCC(N)c1ccccc1C1CCC1. The average molecular weight is 259 g/mol. The minimum atomic E-state index is 0.249. The lowest BCUT2D eigenvalue weighted by molar-refractivity contribution is 0.413. The highest BCUT2D eigenvalue weighted by atomic mass is 14.6. The largest absolute Gasteiger partial charge is 0.324 e. The summed E-state index contributed by atoms with van der Waals surface area (Å²) < 4.78 is 0. The van der Waals surface area contributed by atoms with Gasteiger partial charge >= 0.3 is 0 Å². The molecular formula is C18H29N. The molecule has 2 rings (SSSR count). The Morgan fingerprint density at radius 1 is 1.11 bits per heavy atom. The second-order valence-electron chi connectivity index (χ2n) is 6.07. The average Bonchev–Trinajstić information content (AvgIpc) is 2.37. The maximum absolute atomic E-state index is 6.43. The Hall–Kier alpha value is -0.820. The Kier molecular flexibility index (Phi) is 5.91. The van der Waals surface area contributed by atoms with Crippen LogP contribution in [0.4, 0.5) is 0 Å². The summed E-state index contributed by atoms with van der Waals surface area (Å²) in [6, 6.07) is 9.12. The van der Waals surface area contributed by atoms with E-state index in [-0.39, 0.29) is 6.04 Å². The molecule has 1 nitrogen and oxygen atoms in total. The molecule has 0 saturated heterocycles. The van der Waals surface area contributed by atoms with Gasteiger partial charge in [0.2, 0.25) is 0 Å². The third-order valence-electron chi connectivity index (χ3n) is 4.56. The fourth-order valence-electron chi connectivity index (χ4n) is 3.06. The normalized spacial score (nSPS) is 17.2. The van der Waals surface area contributed by atoms with Gasteiger partial charge in [0.1, 0.15) is 0 Å². The van der Waals surface area contributed by atoms with Crippen LogP contribution in [0.25, 0.3) is 0 Å². The highest BCUT2D eigenvalue weighted by Gasteiger charge is 2.23. The zero-order valence-corrected chi connectivity index (χ0v) is 12.4. The number of rotatable bonds is 8. The molecule has 1 unspecified atom stereocenters. The van der Waals surface area contributed by atoms with Gasteiger partial charge in [-0.2, -0.15) is 0 Å². The van der Waals surface area contributed by atoms with Gasteiger partial charge in [-0.05, 0) is 36.3 Å². The highest BCUT2D eigenvalue weighted by molar-refractivity contribution is 5.33. The molecule has 2 N–H and O–H groups in total. The zero-order valence-electron chi connectivity index (χ0n) is 12.4. The molecule has 1 fully saturated rings. The lowest BCUT2D eigenvalue weighted by Gasteiger charge is -2.29. The molecule has 0 aliphatic heterocycles. The first-order valence-electron chi connectivity index (χ1n) is 8.17. The van der Waals surface area contributed by atoms with Gasteiger partial charge in [-0.15, -0.1) is 0 Å². The number of nitrogens with two attached hydrogens (primary N) is 1. The lowest BCUT2D eigenvalue weighted by atomic mass is 9.77. The van der Waals surface area contributed by atoms with Crippen LogP contribution in [0.5, 0.6) is 0 Å². The fourth-order valence-corrected chi connectivity index (χ4v) is 3.06. The van der Waals surface area contributed by atoms with Gasteiger partial charge in [-0.25, -0.2) is 0 Å². The van der Waals surface area contributed by atoms with Gasteiger partial charge in [-0.1, -0.05) is 69.7 Å². The highest BCUT2D eigenvalue weighted by Crippen LogP contribution is 2.39. The maximum Gasteiger partial charge on any atom is 0.0297 e. The summed E-state index contributed by atoms with van der Waals surface area (Å²) >= 11 is 0. The van der Waals surface area contributed by atoms with E-state index in [1.165, 1.54) is 62.5 Å². The van der Waals surface area contributed by atoms with Gasteiger partial charge in [0.25, 0.3) is 0 Å². The molecule has 1 aliphatic carbocycles. The third kappa shape index (κ3) is 4.07. The van der Waals surface area contributed by atoms with Crippen LogP contribution in [0.1, 0.15) is 87.8 Å². The number of hydrogen-bond donors (Lipinski definition) is 1. The van der Waals surface area contributed by atoms with E-state index in [1.54, 1.807) is 0 Å². The molecule has 1 aromatic carbocycles. The molecule has 1 aliphatic rings. The van der Waals surface area contributed by atoms with Crippen molar-refractivity contribution in [2.45, 2.75) is 76.7 Å². The van der Waals surface area contributed by atoms with Crippen molar-refractivity contribution in [1.82, 2.24) is 0 Å². The van der Waals surface area contributed by atoms with Crippen molar-refractivity contribution in [2.75, 3.05) is 0 Å². The van der Waals surface area contributed by atoms with Crippen molar-refractivity contribution < 1.29 is 0 Å². The van der Waals surface area contributed by atoms with Crippen LogP contribution in [0, 0.1) is 0 Å². The van der Waals surface area contributed by atoms with E-state index >= 15 is 0 Å². The number of unbranched alkanes of at least 4 members (excludes halogenated alkanes) is 4. The molecule has 19 heavy (non-hydrogen) atoms. The third-order valence-corrected chi connectivity index (χ3v) is 4.56. The van der Waals surface area contributed by atoms with Crippen molar-refractivity contribution in [3.8, 4) is 0 Å². The fraction of sp³-hybridized carbons (Fsp3) is 0.667. The van der Waals surface area contributed by atoms with E-state index in [4.69, 9.17) is 5.73 Å². The van der Waals surface area contributed by atoms with Gasteiger partial charge in [0, 0.05) is 6.04 Å². The quantitative estimate of drug-likeness (QED) is 0.629. The first kappa shape index (κ1) is 14.6. The van der Waals surface area contributed by atoms with Gasteiger partial charge < -0.3 is 5.73 Å². The summed E-state index contributed by atoms with van der Waals surface area (Å²) in [7, 11) is 0. The maximum atomic E-state index is 6.43. The van der Waals surface area contributed by atoms with E-state index in [1.807, 2.05) is 0 Å². The molecular weight excluding hydrogens is 230 g/mol. The summed E-state index contributed by atoms with van der Waals surface area (Å²) in [5, 5.41) is 0. The summed E-state index contributed by atoms with van der Waals surface area (Å²) in [5.74, 6) is 0.794. The van der Waals surface area contributed by atoms with E-state index in [0.717, 1.165) is 12.3 Å². The molecule has 0 aromatic heterocycles. The second kappa shape index (κ2) is 7.69. The van der Waals surface area contributed by atoms with Crippen LogP contribution in [0.15, 0.2) is 24.3 Å². The molecule has 0 amide bonds. The molecule has 0 heterocycles. The Morgan fingerprint density at radius 3 is 2.53 bits per heavy atom. The van der Waals surface area contributed by atoms with Gasteiger partial charge in [-0.3, -0.25) is 0 Å². The van der Waals surface area contributed by atoms with Crippen LogP contribution in [0.2, 0.25) is 0 Å². The summed E-state index contributed by atoms with van der Waals surface area (Å²) in [5.41, 5.74) is 9.38. The molecule has 0 radical (unpaired) electrons. The molecule has 106 valence electrons. The molecule has 1 heteroatoms. The smallest absolute Gasteiger partial charge is 0.0297 e. The predicted octanol–water partition coefficient (Wildman–Crippen LogP) is 5.31. The molecule has 0 bridgehead atoms. The molecule has 1 atom stereocenters. The minimum Gasteiger partial charge on any atom is -0.324 e. The monoisotopic (exact) mass is 259 g/mol. The van der Waals surface area contributed by atoms with Crippen molar-refractivity contribution in [3.63, 3.8) is 0 Å². The van der Waals surface area contributed by atoms with E-state index in [0.29, 0.717) is 0 Å². The van der Waals surface area contributed by atoms with E-state index in [9.17, 15) is 0 Å². The molecule has 1 saturated carbocycles. The molecule has 1 aromatic rings. The van der Waals surface area contributed by atoms with E-state index in [2.05, 4.69) is 31.2 Å². The number of benzene rings is 1. The summed E-state index contributed by atoms with van der Waals surface area (Å²) in [6.45, 7) is 2.26. The van der Waals surface area contributed by atoms with Crippen molar-refractivity contribution in [1.29, 1.82) is 0 Å². The Labute approximate surface area is 118 Å².